The predicted molar refractivity (Wildman–Crippen MR) is 224 cm³/mol. The minimum atomic E-state index is -4.33. The van der Waals surface area contributed by atoms with Crippen molar-refractivity contribution in [2.24, 2.45) is 0 Å². The van der Waals surface area contributed by atoms with Crippen LogP contribution in [-0.2, 0) is 29.2 Å². The molecule has 1 N–H and O–H groups in total. The molecule has 294 valence electrons. The van der Waals surface area contributed by atoms with E-state index in [1.54, 1.807) is 24.2 Å². The first-order valence-corrected chi connectivity index (χ1v) is 22.3. The number of ketones is 2. The quantitative estimate of drug-likeness (QED) is 0.0448. The van der Waals surface area contributed by atoms with Gasteiger partial charge in [0.05, 0.1) is 32.7 Å². The monoisotopic (exact) mass is 842 g/mol. The van der Waals surface area contributed by atoms with Crippen LogP contribution in [0.1, 0.15) is 43.4 Å². The summed E-state index contributed by atoms with van der Waals surface area (Å²) in [5.74, 6) is -1.19. The lowest BCUT2D eigenvalue weighted by molar-refractivity contribution is -0.384. The minimum Gasteiger partial charge on any atom is -0.361 e. The first kappa shape index (κ1) is 40.1. The van der Waals surface area contributed by atoms with Crippen LogP contribution in [0.3, 0.4) is 0 Å². The van der Waals surface area contributed by atoms with Gasteiger partial charge in [-0.05, 0) is 62.8 Å². The van der Waals surface area contributed by atoms with Gasteiger partial charge in [-0.3, -0.25) is 24.7 Å². The van der Waals surface area contributed by atoms with E-state index in [4.69, 9.17) is 0 Å². The van der Waals surface area contributed by atoms with E-state index in [1.807, 2.05) is 78.5 Å². The number of thioether (sulfide) groups is 1. The number of nitro groups is 1. The Bertz CT molecular complexity index is 2510. The van der Waals surface area contributed by atoms with Gasteiger partial charge < -0.3 is 15.1 Å². The Kier molecular flexibility index (Phi) is 12.3. The van der Waals surface area contributed by atoms with E-state index < -0.39 is 36.9 Å². The number of fused-ring (bicyclic) bond motifs is 2. The summed E-state index contributed by atoms with van der Waals surface area (Å²) in [5, 5.41) is 18.1. The van der Waals surface area contributed by atoms with Crippen molar-refractivity contribution in [2.45, 2.75) is 41.6 Å². The number of hydrogen-bond donors (Lipinski definition) is 1. The average Bonchev–Trinajstić information content (AvgIpc) is 3.86. The molecule has 0 unspecified atom stereocenters. The summed E-state index contributed by atoms with van der Waals surface area (Å²) in [6.45, 7) is 1.69. The highest BCUT2D eigenvalue weighted by molar-refractivity contribution is 7.99. The van der Waals surface area contributed by atoms with Crippen LogP contribution < -0.4 is 10.2 Å². The molecule has 0 bridgehead atoms. The van der Waals surface area contributed by atoms with Crippen LogP contribution >= 0.6 is 34.4 Å². The van der Waals surface area contributed by atoms with Crippen molar-refractivity contribution in [1.82, 2.24) is 24.8 Å². The molecule has 1 aliphatic rings. The van der Waals surface area contributed by atoms with E-state index in [9.17, 15) is 28.1 Å². The van der Waals surface area contributed by atoms with Crippen molar-refractivity contribution >= 4 is 82.7 Å². The van der Waals surface area contributed by atoms with Crippen molar-refractivity contribution in [2.75, 3.05) is 48.9 Å². The number of carbonyl (C=O) groups excluding carboxylic acids is 2. The number of carbonyl (C=O) groups is 2. The molecular weight excluding hydrogens is 805 g/mol. The van der Waals surface area contributed by atoms with Gasteiger partial charge in [-0.15, -0.1) is 34.4 Å². The van der Waals surface area contributed by atoms with Gasteiger partial charge in [0.25, 0.3) is 0 Å². The highest BCUT2D eigenvalue weighted by Crippen LogP contribution is 2.32. The number of thiazole rings is 2. The van der Waals surface area contributed by atoms with Gasteiger partial charge in [-0.1, -0.05) is 36.4 Å². The van der Waals surface area contributed by atoms with Crippen LogP contribution in [0.4, 0.5) is 16.6 Å². The molecule has 0 spiro atoms. The maximum atomic E-state index is 13.6. The first-order valence-electron chi connectivity index (χ1n) is 18.0. The summed E-state index contributed by atoms with van der Waals surface area (Å²) >= 11 is 4.27. The smallest absolute Gasteiger partial charge is 0.312 e. The number of pyridine rings is 2. The number of aromatic nitrogens is 4. The highest BCUT2D eigenvalue weighted by atomic mass is 32.2. The number of rotatable bonds is 17. The van der Waals surface area contributed by atoms with E-state index >= 15 is 0 Å². The van der Waals surface area contributed by atoms with Crippen molar-refractivity contribution in [3.05, 3.63) is 122 Å². The van der Waals surface area contributed by atoms with Crippen LogP contribution in [0.5, 0.6) is 0 Å². The molecule has 0 radical (unpaired) electrons. The fourth-order valence-corrected chi connectivity index (χ4v) is 10.3. The van der Waals surface area contributed by atoms with Crippen LogP contribution in [0.25, 0.3) is 10.2 Å². The van der Waals surface area contributed by atoms with Crippen LogP contribution in [0.2, 0.25) is 0 Å². The Hall–Kier alpha value is -5.14. The van der Waals surface area contributed by atoms with Crippen molar-refractivity contribution in [3.63, 3.8) is 0 Å². The maximum absolute atomic E-state index is 13.6. The highest BCUT2D eigenvalue weighted by Gasteiger charge is 2.29. The molecule has 57 heavy (non-hydrogen) atoms. The van der Waals surface area contributed by atoms with Gasteiger partial charge in [-0.25, -0.2) is 23.4 Å². The lowest BCUT2D eigenvalue weighted by Gasteiger charge is -2.29. The van der Waals surface area contributed by atoms with E-state index in [2.05, 4.69) is 25.3 Å². The molecule has 14 nitrogen and oxygen atoms in total. The lowest BCUT2D eigenvalue weighted by atomic mass is 9.92. The fraction of sp³-hybridized carbons (Fsp3) is 0.282. The van der Waals surface area contributed by atoms with Crippen LogP contribution in [-0.4, -0.2) is 94.5 Å². The average molecular weight is 843 g/mol. The van der Waals surface area contributed by atoms with Gasteiger partial charge in [0.2, 0.25) is 5.82 Å². The van der Waals surface area contributed by atoms with Gasteiger partial charge in [-0.2, -0.15) is 0 Å². The van der Waals surface area contributed by atoms with Crippen molar-refractivity contribution in [3.8, 4) is 0 Å². The Labute approximate surface area is 341 Å². The molecule has 0 saturated heterocycles. The SMILES string of the molecule is CN(C)CC[C@H](CSc1ccccc1)Nc1ncc(S(=O)(=O)CC(=O)c2csc(N3CCc4cccc(C(=O)Cc5nc6cnccc6s5)c4C3)n2)cc1[N+](=O)[O-]. The molecule has 0 fully saturated rings. The third kappa shape index (κ3) is 9.70. The fourth-order valence-electron chi connectivity index (χ4n) is 6.38. The van der Waals surface area contributed by atoms with Gasteiger partial charge >= 0.3 is 5.69 Å². The zero-order valence-electron chi connectivity index (χ0n) is 31.0. The Morgan fingerprint density at radius 2 is 1.89 bits per heavy atom. The molecule has 1 atom stereocenters. The molecule has 18 heteroatoms. The number of nitrogens with one attached hydrogen (secondary N) is 1. The predicted octanol–water partition coefficient (Wildman–Crippen LogP) is 6.62. The number of hydrogen-bond acceptors (Lipinski definition) is 16. The number of sulfone groups is 1. The molecule has 0 aliphatic carbocycles. The van der Waals surface area contributed by atoms with Crippen LogP contribution in [0, 0.1) is 10.1 Å². The summed E-state index contributed by atoms with van der Waals surface area (Å²) in [6, 6.07) is 18.1. The summed E-state index contributed by atoms with van der Waals surface area (Å²) in [5.41, 5.74) is 2.77. The third-order valence-electron chi connectivity index (χ3n) is 9.35. The second-order valence-electron chi connectivity index (χ2n) is 13.7. The maximum Gasteiger partial charge on any atom is 0.312 e. The number of anilines is 2. The van der Waals surface area contributed by atoms with Gasteiger partial charge in [0, 0.05) is 59.2 Å². The zero-order valence-corrected chi connectivity index (χ0v) is 34.3. The molecule has 0 amide bonds. The Morgan fingerprint density at radius 1 is 1.07 bits per heavy atom. The second-order valence-corrected chi connectivity index (χ2v) is 18.8. The number of benzene rings is 2. The molecule has 1 aliphatic heterocycles. The zero-order chi connectivity index (χ0) is 40.1. The number of nitrogens with zero attached hydrogens (tertiary/aromatic N) is 7. The van der Waals surface area contributed by atoms with Crippen molar-refractivity contribution < 1.29 is 22.9 Å². The third-order valence-corrected chi connectivity index (χ3v) is 14.0. The van der Waals surface area contributed by atoms with E-state index in [1.165, 1.54) is 28.1 Å². The summed E-state index contributed by atoms with van der Waals surface area (Å²) in [6.07, 6.45) is 5.89. The molecule has 6 aromatic rings. The Morgan fingerprint density at radius 3 is 2.67 bits per heavy atom. The molecule has 5 heterocycles. The van der Waals surface area contributed by atoms with Crippen molar-refractivity contribution in [1.29, 1.82) is 0 Å². The Balaban J connectivity index is 1.02. The van der Waals surface area contributed by atoms with E-state index in [-0.39, 0.29) is 29.8 Å². The van der Waals surface area contributed by atoms with Gasteiger partial charge in [0.15, 0.2) is 26.5 Å². The number of Topliss-reactive ketones (excluding diaryl/α,β-unsaturated/α-hetero) is 2. The molecule has 7 rings (SSSR count). The lowest BCUT2D eigenvalue weighted by Crippen LogP contribution is -2.32. The van der Waals surface area contributed by atoms with E-state index in [0.717, 1.165) is 38.5 Å². The normalized spacial score (nSPS) is 13.4. The first-order chi connectivity index (χ1) is 27.4. The van der Waals surface area contributed by atoms with Crippen LogP contribution in [0.15, 0.2) is 94.4 Å². The molecular formula is C39H38N8O6S4. The summed E-state index contributed by atoms with van der Waals surface area (Å²) < 4.78 is 28.0. The largest absolute Gasteiger partial charge is 0.361 e. The standard InChI is InChI=1S/C39H38N8O6S4/c1-45(2)15-13-26(22-54-27-8-4-3-5-9-27)42-38-33(47(50)51)17-28(19-41-38)57(52,53)24-35(49)32-23-55-39(44-32)46-16-12-25-7-6-10-29(30(25)21-46)34(48)18-37-43-31-20-40-14-11-36(31)56-37/h3-11,14,17,19-20,23,26H,12-13,15-16,18,21-22,24H2,1-2H3,(H,41,42)/t26-/m1/s1. The van der Waals surface area contributed by atoms with E-state index in [0.29, 0.717) is 53.9 Å². The molecule has 0 saturated carbocycles. The summed E-state index contributed by atoms with van der Waals surface area (Å²) in [7, 11) is -0.456. The summed E-state index contributed by atoms with van der Waals surface area (Å²) in [4.78, 5) is 60.4. The minimum absolute atomic E-state index is 0.0283. The van der Waals surface area contributed by atoms with Gasteiger partial charge in [0.1, 0.15) is 16.5 Å². The second kappa shape index (κ2) is 17.6. The topological polar surface area (TPSA) is 181 Å². The molecule has 2 aromatic carbocycles. The molecule has 4 aromatic heterocycles.